The molecule has 0 amide bonds. The molecule has 0 aliphatic carbocycles. The first-order valence-electron chi connectivity index (χ1n) is 8.28. The molecule has 0 radical (unpaired) electrons. The van der Waals surface area contributed by atoms with E-state index in [4.69, 9.17) is 0 Å². The zero-order valence-electron chi connectivity index (χ0n) is 14.3. The van der Waals surface area contributed by atoms with Crippen LogP contribution in [0, 0.1) is 0 Å². The summed E-state index contributed by atoms with van der Waals surface area (Å²) in [6.45, 7) is 0. The number of aromatic nitrogens is 4. The van der Waals surface area contributed by atoms with Crippen molar-refractivity contribution in [1.29, 1.82) is 0 Å². The van der Waals surface area contributed by atoms with Crippen LogP contribution in [-0.4, -0.2) is 24.9 Å². The van der Waals surface area contributed by atoms with Crippen molar-refractivity contribution in [2.24, 2.45) is 0 Å². The summed E-state index contributed by atoms with van der Waals surface area (Å²) in [4.78, 5) is 0. The Labute approximate surface area is 157 Å². The molecule has 5 nitrogen and oxygen atoms in total. The zero-order chi connectivity index (χ0) is 19.7. The fraction of sp³-hybridized carbons (Fsp3) is 0.0500. The van der Waals surface area contributed by atoms with E-state index in [2.05, 4.69) is 15.3 Å². The normalized spacial score (nSPS) is 12.5. The topological polar surface area (TPSA) is 63.3 Å². The van der Waals surface area contributed by atoms with Crippen LogP contribution in [0.2, 0.25) is 0 Å². The Morgan fingerprint density at radius 1 is 0.929 bits per heavy atom. The van der Waals surface area contributed by atoms with Crippen LogP contribution >= 0.6 is 0 Å². The lowest BCUT2D eigenvalue weighted by molar-refractivity contribution is -0.137. The van der Waals surface area contributed by atoms with Gasteiger partial charge in [-0.15, -0.1) is 10.2 Å². The van der Waals surface area contributed by atoms with Crippen LogP contribution in [0.5, 0.6) is 0 Å². The summed E-state index contributed by atoms with van der Waals surface area (Å²) in [7, 11) is 0. The molecule has 0 atom stereocenters. The Balaban J connectivity index is 1.77. The molecule has 0 aliphatic heterocycles. The molecule has 4 aromatic rings. The summed E-state index contributed by atoms with van der Waals surface area (Å²) >= 11 is 0. The molecule has 0 saturated heterocycles. The maximum Gasteiger partial charge on any atom is 0.416 e. The summed E-state index contributed by atoms with van der Waals surface area (Å²) in [5.41, 5.74) is 0.883. The largest absolute Gasteiger partial charge is 0.507 e. The molecule has 1 N–H and O–H groups in total. The first kappa shape index (κ1) is 17.7. The van der Waals surface area contributed by atoms with Gasteiger partial charge in [-0.3, -0.25) is 0 Å². The predicted molar refractivity (Wildman–Crippen MR) is 98.2 cm³/mol. The molecule has 0 fully saturated rings. The van der Waals surface area contributed by atoms with Crippen LogP contribution in [0.25, 0.3) is 28.7 Å². The number of aliphatic hydroxyl groups excluding tert-OH is 1. The van der Waals surface area contributed by atoms with E-state index in [0.717, 1.165) is 12.1 Å². The minimum atomic E-state index is -4.44. The average Bonchev–Trinajstić information content (AvgIpc) is 3.10. The Morgan fingerprint density at radius 3 is 2.46 bits per heavy atom. The van der Waals surface area contributed by atoms with Crippen molar-refractivity contribution in [3.8, 4) is 11.3 Å². The highest BCUT2D eigenvalue weighted by atomic mass is 19.4. The van der Waals surface area contributed by atoms with E-state index >= 15 is 0 Å². The van der Waals surface area contributed by atoms with Crippen molar-refractivity contribution in [3.05, 3.63) is 83.7 Å². The van der Waals surface area contributed by atoms with Gasteiger partial charge in [-0.25, -0.2) is 0 Å². The van der Waals surface area contributed by atoms with E-state index < -0.39 is 11.7 Å². The smallest absolute Gasteiger partial charge is 0.416 e. The highest BCUT2D eigenvalue weighted by Crippen LogP contribution is 2.31. The second-order valence-corrected chi connectivity index (χ2v) is 6.02. The molecular formula is C20H13F3N4O. The number of rotatable bonds is 3. The van der Waals surface area contributed by atoms with Crippen LogP contribution in [0.15, 0.2) is 66.7 Å². The van der Waals surface area contributed by atoms with Crippen molar-refractivity contribution in [1.82, 2.24) is 19.8 Å². The van der Waals surface area contributed by atoms with E-state index in [-0.39, 0.29) is 11.6 Å². The third-order valence-corrected chi connectivity index (χ3v) is 4.11. The van der Waals surface area contributed by atoms with Gasteiger partial charge in [0, 0.05) is 17.2 Å². The van der Waals surface area contributed by atoms with E-state index in [9.17, 15) is 18.3 Å². The molecule has 2 aromatic carbocycles. The molecular weight excluding hydrogens is 369 g/mol. The fourth-order valence-corrected chi connectivity index (χ4v) is 2.72. The van der Waals surface area contributed by atoms with Crippen LogP contribution < -0.4 is 0 Å². The highest BCUT2D eigenvalue weighted by molar-refractivity contribution is 5.74. The van der Waals surface area contributed by atoms with E-state index in [1.807, 2.05) is 6.07 Å². The number of fused-ring (bicyclic) bond motifs is 1. The minimum absolute atomic E-state index is 0.0267. The second kappa shape index (κ2) is 6.80. The van der Waals surface area contributed by atoms with Gasteiger partial charge in [0.2, 0.25) is 0 Å². The first-order valence-corrected chi connectivity index (χ1v) is 8.28. The molecule has 2 aromatic heterocycles. The zero-order valence-corrected chi connectivity index (χ0v) is 14.3. The molecule has 8 heteroatoms. The molecule has 0 unspecified atom stereocenters. The van der Waals surface area contributed by atoms with E-state index in [1.165, 1.54) is 16.7 Å². The summed E-state index contributed by atoms with van der Waals surface area (Å²) in [6.07, 6.45) is -3.04. The molecule has 0 bridgehead atoms. The average molecular weight is 382 g/mol. The first-order chi connectivity index (χ1) is 13.4. The Morgan fingerprint density at radius 2 is 1.71 bits per heavy atom. The summed E-state index contributed by atoms with van der Waals surface area (Å²) in [5, 5.41) is 22.6. The van der Waals surface area contributed by atoms with Crippen LogP contribution in [0.3, 0.4) is 0 Å². The standard InChI is InChI=1S/C20H13F3N4O/c21-20(22,23)15-8-4-7-14(11-15)16-9-10-18-24-25-19(27(18)26-16)12-17(28)13-5-2-1-3-6-13/h1-12,28H/b17-12+. The molecule has 28 heavy (non-hydrogen) atoms. The third-order valence-electron chi connectivity index (χ3n) is 4.11. The lowest BCUT2D eigenvalue weighted by Gasteiger charge is -2.08. The fourth-order valence-electron chi connectivity index (χ4n) is 2.72. The Bertz CT molecular complexity index is 1170. The lowest BCUT2D eigenvalue weighted by atomic mass is 10.1. The number of hydrogen-bond acceptors (Lipinski definition) is 4. The van der Waals surface area contributed by atoms with Crippen LogP contribution in [0.4, 0.5) is 13.2 Å². The number of aliphatic hydroxyl groups is 1. The summed E-state index contributed by atoms with van der Waals surface area (Å²) in [6, 6.07) is 17.0. The predicted octanol–water partition coefficient (Wildman–Crippen LogP) is 4.87. The maximum absolute atomic E-state index is 13.0. The molecule has 0 saturated carbocycles. The van der Waals surface area contributed by atoms with Gasteiger partial charge >= 0.3 is 6.18 Å². The number of hydrogen-bond donors (Lipinski definition) is 1. The minimum Gasteiger partial charge on any atom is -0.507 e. The van der Waals surface area contributed by atoms with Crippen LogP contribution in [0.1, 0.15) is 17.0 Å². The van der Waals surface area contributed by atoms with Gasteiger partial charge in [0.05, 0.1) is 11.3 Å². The van der Waals surface area contributed by atoms with Gasteiger partial charge in [0.1, 0.15) is 5.76 Å². The molecule has 140 valence electrons. The Kier molecular flexibility index (Phi) is 4.31. The number of benzene rings is 2. The van der Waals surface area contributed by atoms with Crippen molar-refractivity contribution < 1.29 is 18.3 Å². The Hall–Kier alpha value is -3.68. The van der Waals surface area contributed by atoms with Crippen molar-refractivity contribution >= 4 is 17.5 Å². The summed E-state index contributed by atoms with van der Waals surface area (Å²) < 4.78 is 40.3. The maximum atomic E-state index is 13.0. The van der Waals surface area contributed by atoms with Gasteiger partial charge < -0.3 is 5.11 Å². The highest BCUT2D eigenvalue weighted by Gasteiger charge is 2.30. The number of nitrogens with zero attached hydrogens (tertiary/aromatic N) is 4. The quantitative estimate of drug-likeness (QED) is 0.514. The number of alkyl halides is 3. The second-order valence-electron chi connectivity index (χ2n) is 6.02. The van der Waals surface area contributed by atoms with Gasteiger partial charge in [0.15, 0.2) is 11.5 Å². The SMILES string of the molecule is O/C(=C/c1nnc2ccc(-c3cccc(C(F)(F)F)c3)nn12)c1ccccc1. The van der Waals surface area contributed by atoms with Gasteiger partial charge in [-0.1, -0.05) is 42.5 Å². The third kappa shape index (κ3) is 3.44. The van der Waals surface area contributed by atoms with Crippen molar-refractivity contribution in [2.45, 2.75) is 6.18 Å². The van der Waals surface area contributed by atoms with Gasteiger partial charge in [-0.2, -0.15) is 22.8 Å². The monoisotopic (exact) mass is 382 g/mol. The molecule has 0 aliphatic rings. The van der Waals surface area contributed by atoms with Crippen molar-refractivity contribution in [2.75, 3.05) is 0 Å². The molecule has 0 spiro atoms. The van der Waals surface area contributed by atoms with Crippen LogP contribution in [-0.2, 0) is 6.18 Å². The lowest BCUT2D eigenvalue weighted by Crippen LogP contribution is -2.05. The van der Waals surface area contributed by atoms with E-state index in [1.54, 1.807) is 42.5 Å². The summed E-state index contributed by atoms with van der Waals surface area (Å²) in [5.74, 6) is 0.228. The van der Waals surface area contributed by atoms with E-state index in [0.29, 0.717) is 22.5 Å². The van der Waals surface area contributed by atoms with Crippen molar-refractivity contribution in [3.63, 3.8) is 0 Å². The molecule has 2 heterocycles. The number of halogens is 3. The molecule has 4 rings (SSSR count). The van der Waals surface area contributed by atoms with Gasteiger partial charge in [0.25, 0.3) is 0 Å². The van der Waals surface area contributed by atoms with Gasteiger partial charge in [-0.05, 0) is 24.3 Å².